The molecule has 1 saturated heterocycles. The maximum absolute atomic E-state index is 12.0. The van der Waals surface area contributed by atoms with E-state index in [0.29, 0.717) is 18.3 Å². The van der Waals surface area contributed by atoms with Crippen LogP contribution in [0.5, 0.6) is 11.5 Å². The highest BCUT2D eigenvalue weighted by molar-refractivity contribution is 5.91. The zero-order chi connectivity index (χ0) is 17.4. The van der Waals surface area contributed by atoms with E-state index in [1.807, 2.05) is 23.2 Å². The molecule has 0 aliphatic carbocycles. The zero-order valence-electron chi connectivity index (χ0n) is 14.9. The smallest absolute Gasteiger partial charge is 0.258 e. The van der Waals surface area contributed by atoms with E-state index in [0.717, 1.165) is 37.2 Å². The molecule has 1 aromatic carbocycles. The molecule has 1 aromatic rings. The van der Waals surface area contributed by atoms with Crippen molar-refractivity contribution in [3.8, 4) is 11.5 Å². The van der Waals surface area contributed by atoms with Gasteiger partial charge in [-0.25, -0.2) is 5.01 Å². The first kappa shape index (κ1) is 18.3. The van der Waals surface area contributed by atoms with Crippen LogP contribution in [0, 0.1) is 5.92 Å². The van der Waals surface area contributed by atoms with E-state index < -0.39 is 0 Å². The van der Waals surface area contributed by atoms with Crippen molar-refractivity contribution >= 4 is 12.0 Å². The van der Waals surface area contributed by atoms with Crippen LogP contribution in [0.15, 0.2) is 24.3 Å². The maximum Gasteiger partial charge on any atom is 0.258 e. The molecule has 24 heavy (non-hydrogen) atoms. The number of rotatable bonds is 7. The standard InChI is InChI=1S/C19H28N2O3/c1-15(2)14-24-17-9-7-16(13-18(17)23-3)8-10-19(22)20-21-11-5-4-6-12-21/h7-10,13,15H,4-6,11-12,14H2,1-3H3,(H,20,22)/b10-8+. The molecule has 5 nitrogen and oxygen atoms in total. The van der Waals surface area contributed by atoms with E-state index in [4.69, 9.17) is 9.47 Å². The third-order valence-corrected chi connectivity index (χ3v) is 3.81. The van der Waals surface area contributed by atoms with Crippen LogP contribution >= 0.6 is 0 Å². The number of carbonyl (C=O) groups is 1. The lowest BCUT2D eigenvalue weighted by Crippen LogP contribution is -2.44. The van der Waals surface area contributed by atoms with Gasteiger partial charge < -0.3 is 9.47 Å². The minimum Gasteiger partial charge on any atom is -0.493 e. The molecule has 0 aromatic heterocycles. The summed E-state index contributed by atoms with van der Waals surface area (Å²) in [6.07, 6.45) is 6.86. The Kier molecular flexibility index (Phi) is 7.12. The van der Waals surface area contributed by atoms with E-state index in [9.17, 15) is 4.79 Å². The third kappa shape index (κ3) is 5.89. The molecule has 1 N–H and O–H groups in total. The molecule has 1 aliphatic heterocycles. The molecule has 1 aliphatic rings. The Morgan fingerprint density at radius 3 is 2.67 bits per heavy atom. The summed E-state index contributed by atoms with van der Waals surface area (Å²) in [6, 6.07) is 5.67. The van der Waals surface area contributed by atoms with Crippen molar-refractivity contribution in [3.63, 3.8) is 0 Å². The second-order valence-corrected chi connectivity index (χ2v) is 6.47. The van der Waals surface area contributed by atoms with Crippen LogP contribution in [-0.2, 0) is 4.79 Å². The van der Waals surface area contributed by atoms with Crippen LogP contribution < -0.4 is 14.9 Å². The largest absolute Gasteiger partial charge is 0.493 e. The van der Waals surface area contributed by atoms with Gasteiger partial charge in [0.2, 0.25) is 0 Å². The van der Waals surface area contributed by atoms with Crippen molar-refractivity contribution in [2.45, 2.75) is 33.1 Å². The number of nitrogens with zero attached hydrogens (tertiary/aromatic N) is 1. The molecule has 0 spiro atoms. The van der Waals surface area contributed by atoms with Crippen LogP contribution in [0.25, 0.3) is 6.08 Å². The number of hydrazine groups is 1. The predicted octanol–water partition coefficient (Wildman–Crippen LogP) is 3.26. The summed E-state index contributed by atoms with van der Waals surface area (Å²) in [4.78, 5) is 12.0. The Morgan fingerprint density at radius 2 is 2.00 bits per heavy atom. The summed E-state index contributed by atoms with van der Waals surface area (Å²) < 4.78 is 11.1. The van der Waals surface area contributed by atoms with E-state index in [1.54, 1.807) is 19.3 Å². The number of hydrogen-bond donors (Lipinski definition) is 1. The molecule has 5 heteroatoms. The van der Waals surface area contributed by atoms with Gasteiger partial charge in [0, 0.05) is 19.2 Å². The van der Waals surface area contributed by atoms with Crippen molar-refractivity contribution < 1.29 is 14.3 Å². The van der Waals surface area contributed by atoms with Gasteiger partial charge in [0.25, 0.3) is 5.91 Å². The lowest BCUT2D eigenvalue weighted by atomic mass is 10.1. The predicted molar refractivity (Wildman–Crippen MR) is 95.9 cm³/mol. The van der Waals surface area contributed by atoms with E-state index in [-0.39, 0.29) is 5.91 Å². The van der Waals surface area contributed by atoms with E-state index >= 15 is 0 Å². The molecule has 1 fully saturated rings. The van der Waals surface area contributed by atoms with Gasteiger partial charge in [0.15, 0.2) is 11.5 Å². The summed E-state index contributed by atoms with van der Waals surface area (Å²) >= 11 is 0. The number of benzene rings is 1. The minimum absolute atomic E-state index is 0.101. The van der Waals surface area contributed by atoms with Gasteiger partial charge in [-0.05, 0) is 42.5 Å². The SMILES string of the molecule is COc1cc(/C=C/C(=O)NN2CCCCC2)ccc1OCC(C)C. The topological polar surface area (TPSA) is 50.8 Å². The minimum atomic E-state index is -0.101. The third-order valence-electron chi connectivity index (χ3n) is 3.81. The maximum atomic E-state index is 12.0. The van der Waals surface area contributed by atoms with Gasteiger partial charge in [0.05, 0.1) is 13.7 Å². The molecule has 132 valence electrons. The molecule has 2 rings (SSSR count). The Bertz CT molecular complexity index is 564. The molecular formula is C19H28N2O3. The van der Waals surface area contributed by atoms with Crippen molar-refractivity contribution in [2.24, 2.45) is 5.92 Å². The second-order valence-electron chi connectivity index (χ2n) is 6.47. The second kappa shape index (κ2) is 9.33. The van der Waals surface area contributed by atoms with E-state index in [1.165, 1.54) is 6.42 Å². The van der Waals surface area contributed by atoms with E-state index in [2.05, 4.69) is 19.3 Å². The van der Waals surface area contributed by atoms with Crippen molar-refractivity contribution in [3.05, 3.63) is 29.8 Å². The molecule has 0 radical (unpaired) electrons. The highest BCUT2D eigenvalue weighted by Crippen LogP contribution is 2.28. The average molecular weight is 332 g/mol. The lowest BCUT2D eigenvalue weighted by molar-refractivity contribution is -0.121. The Hall–Kier alpha value is -2.01. The quantitative estimate of drug-likeness (QED) is 0.779. The normalized spacial score (nSPS) is 15.7. The van der Waals surface area contributed by atoms with Crippen LogP contribution in [0.4, 0.5) is 0 Å². The van der Waals surface area contributed by atoms with Gasteiger partial charge >= 0.3 is 0 Å². The Balaban J connectivity index is 1.94. The monoisotopic (exact) mass is 332 g/mol. The highest BCUT2D eigenvalue weighted by Gasteiger charge is 2.11. The molecule has 1 heterocycles. The number of carbonyl (C=O) groups excluding carboxylic acids is 1. The first-order valence-electron chi connectivity index (χ1n) is 8.63. The molecule has 0 saturated carbocycles. The fourth-order valence-electron chi connectivity index (χ4n) is 2.53. The fourth-order valence-corrected chi connectivity index (χ4v) is 2.53. The van der Waals surface area contributed by atoms with Crippen LogP contribution in [0.2, 0.25) is 0 Å². The number of methoxy groups -OCH3 is 1. The number of amides is 1. The molecule has 0 unspecified atom stereocenters. The van der Waals surface area contributed by atoms with Gasteiger partial charge in [0.1, 0.15) is 0 Å². The van der Waals surface area contributed by atoms with Gasteiger partial charge in [-0.3, -0.25) is 10.2 Å². The summed E-state index contributed by atoms with van der Waals surface area (Å²) in [5.74, 6) is 1.75. The first-order chi connectivity index (χ1) is 11.6. The number of nitrogens with one attached hydrogen (secondary N) is 1. The number of hydrogen-bond acceptors (Lipinski definition) is 4. The first-order valence-corrected chi connectivity index (χ1v) is 8.63. The Labute approximate surface area is 144 Å². The fraction of sp³-hybridized carbons (Fsp3) is 0.526. The van der Waals surface area contributed by atoms with Crippen molar-refractivity contribution in [2.75, 3.05) is 26.8 Å². The van der Waals surface area contributed by atoms with Crippen molar-refractivity contribution in [1.29, 1.82) is 0 Å². The van der Waals surface area contributed by atoms with Gasteiger partial charge in [-0.15, -0.1) is 0 Å². The van der Waals surface area contributed by atoms with Crippen LogP contribution in [0.3, 0.4) is 0 Å². The van der Waals surface area contributed by atoms with Crippen LogP contribution in [0.1, 0.15) is 38.7 Å². The summed E-state index contributed by atoms with van der Waals surface area (Å²) in [5, 5.41) is 1.99. The highest BCUT2D eigenvalue weighted by atomic mass is 16.5. The number of ether oxygens (including phenoxy) is 2. The molecule has 1 amide bonds. The molecule has 0 bridgehead atoms. The van der Waals surface area contributed by atoms with Gasteiger partial charge in [-0.1, -0.05) is 26.3 Å². The Morgan fingerprint density at radius 1 is 1.25 bits per heavy atom. The summed E-state index contributed by atoms with van der Waals surface area (Å²) in [6.45, 7) is 6.70. The van der Waals surface area contributed by atoms with Gasteiger partial charge in [-0.2, -0.15) is 0 Å². The number of piperidine rings is 1. The van der Waals surface area contributed by atoms with Crippen LogP contribution in [-0.4, -0.2) is 37.7 Å². The summed E-state index contributed by atoms with van der Waals surface area (Å²) in [7, 11) is 1.62. The average Bonchev–Trinajstić information content (AvgIpc) is 2.59. The molecular weight excluding hydrogens is 304 g/mol. The zero-order valence-corrected chi connectivity index (χ0v) is 14.9. The van der Waals surface area contributed by atoms with Crippen molar-refractivity contribution in [1.82, 2.24) is 10.4 Å². The lowest BCUT2D eigenvalue weighted by Gasteiger charge is -2.26. The molecule has 0 atom stereocenters. The summed E-state index contributed by atoms with van der Waals surface area (Å²) in [5.41, 5.74) is 3.81.